The van der Waals surface area contributed by atoms with Crippen LogP contribution in [0.5, 0.6) is 0 Å². The summed E-state index contributed by atoms with van der Waals surface area (Å²) in [5.74, 6) is 0. The van der Waals surface area contributed by atoms with E-state index in [1.807, 2.05) is 18.2 Å². The highest BCUT2D eigenvalue weighted by Crippen LogP contribution is 2.27. The average molecular weight is 159 g/mol. The number of furan rings is 2. The van der Waals surface area contributed by atoms with Crippen molar-refractivity contribution in [2.75, 3.05) is 0 Å². The van der Waals surface area contributed by atoms with Gasteiger partial charge in [0, 0.05) is 6.07 Å². The van der Waals surface area contributed by atoms with E-state index in [9.17, 15) is 5.21 Å². The van der Waals surface area contributed by atoms with E-state index in [0.29, 0.717) is 11.1 Å². The van der Waals surface area contributed by atoms with Crippen molar-refractivity contribution in [3.05, 3.63) is 35.7 Å². The molecular weight excluding hydrogens is 154 g/mol. The molecular formula is C9H5NO2. The van der Waals surface area contributed by atoms with E-state index in [2.05, 4.69) is 0 Å². The zero-order valence-electron chi connectivity index (χ0n) is 6.15. The molecule has 0 aromatic carbocycles. The molecule has 3 heterocycles. The molecule has 0 radical (unpaired) electrons. The Balaban J connectivity index is 2.73. The highest BCUT2D eigenvalue weighted by molar-refractivity contribution is 6.02. The lowest BCUT2D eigenvalue weighted by Gasteiger charge is -1.95. The topological polar surface area (TPSA) is 40.1 Å². The van der Waals surface area contributed by atoms with Gasteiger partial charge in [0.25, 0.3) is 5.52 Å². The van der Waals surface area contributed by atoms with Crippen LogP contribution in [0.25, 0.3) is 22.1 Å². The summed E-state index contributed by atoms with van der Waals surface area (Å²) in [5.41, 5.74) is 2.08. The Bertz CT molecular complexity index is 541. The van der Waals surface area contributed by atoms with Crippen LogP contribution in [-0.4, -0.2) is 0 Å². The lowest BCUT2D eigenvalue weighted by atomic mass is 10.2. The maximum Gasteiger partial charge on any atom is 0.270 e. The Morgan fingerprint density at radius 1 is 1.17 bits per heavy atom. The molecule has 0 N–H and O–H groups in total. The molecule has 0 unspecified atom stereocenters. The van der Waals surface area contributed by atoms with Gasteiger partial charge in [-0.15, -0.1) is 0 Å². The molecule has 58 valence electrons. The molecule has 3 aromatic rings. The lowest BCUT2D eigenvalue weighted by molar-refractivity contribution is -0.576. The van der Waals surface area contributed by atoms with Crippen LogP contribution in [-0.2, 0) is 0 Å². The number of hydrogen-bond donors (Lipinski definition) is 0. The molecule has 0 amide bonds. The van der Waals surface area contributed by atoms with Crippen molar-refractivity contribution in [1.82, 2.24) is 0 Å². The van der Waals surface area contributed by atoms with Crippen molar-refractivity contribution >= 4 is 22.1 Å². The van der Waals surface area contributed by atoms with Gasteiger partial charge in [-0.1, -0.05) is 0 Å². The predicted molar refractivity (Wildman–Crippen MR) is 43.9 cm³/mol. The van der Waals surface area contributed by atoms with Gasteiger partial charge >= 0.3 is 0 Å². The summed E-state index contributed by atoms with van der Waals surface area (Å²) in [7, 11) is 0. The first-order chi connectivity index (χ1) is 5.86. The minimum absolute atomic E-state index is 0.634. The van der Waals surface area contributed by atoms with Crippen molar-refractivity contribution in [1.29, 1.82) is 0 Å². The van der Waals surface area contributed by atoms with E-state index >= 15 is 0 Å². The maximum absolute atomic E-state index is 11.3. The number of hydrogen-bond acceptors (Lipinski definition) is 2. The third-order valence-electron chi connectivity index (χ3n) is 2.06. The van der Waals surface area contributed by atoms with Crippen LogP contribution in [0.1, 0.15) is 0 Å². The monoisotopic (exact) mass is 159 g/mol. The van der Waals surface area contributed by atoms with E-state index in [1.54, 1.807) is 6.07 Å². The third kappa shape index (κ3) is 0.504. The number of aromatic nitrogens is 1. The normalized spacial score (nSPS) is 11.7. The molecule has 0 spiro atoms. The summed E-state index contributed by atoms with van der Waals surface area (Å²) in [6.07, 6.45) is 1.48. The van der Waals surface area contributed by atoms with E-state index < -0.39 is 0 Å². The highest BCUT2D eigenvalue weighted by atomic mass is 16.5. The predicted octanol–water partition coefficient (Wildman–Crippen LogP) is 1.66. The highest BCUT2D eigenvalue weighted by Gasteiger charge is 2.15. The molecule has 0 aliphatic carbocycles. The summed E-state index contributed by atoms with van der Waals surface area (Å²) >= 11 is 0. The molecule has 0 aliphatic rings. The minimum Gasteiger partial charge on any atom is -0.618 e. The summed E-state index contributed by atoms with van der Waals surface area (Å²) in [6.45, 7) is 0. The quantitative estimate of drug-likeness (QED) is 0.369. The molecule has 3 aromatic heterocycles. The van der Waals surface area contributed by atoms with Crippen LogP contribution < -0.4 is 4.73 Å². The number of benzene rings is 1. The summed E-state index contributed by atoms with van der Waals surface area (Å²) < 4.78 is 6.16. The van der Waals surface area contributed by atoms with Crippen LogP contribution in [0.3, 0.4) is 0 Å². The number of rotatable bonds is 0. The van der Waals surface area contributed by atoms with Crippen molar-refractivity contribution in [3.8, 4) is 0 Å². The number of pyridine rings is 1. The fraction of sp³-hybridized carbons (Fsp3) is 0. The fourth-order valence-electron chi connectivity index (χ4n) is 1.54. The van der Waals surface area contributed by atoms with Crippen molar-refractivity contribution in [2.45, 2.75) is 0 Å². The van der Waals surface area contributed by atoms with Gasteiger partial charge in [-0.25, -0.2) is 0 Å². The third-order valence-corrected chi connectivity index (χ3v) is 2.06. The van der Waals surface area contributed by atoms with E-state index in [4.69, 9.17) is 4.42 Å². The SMILES string of the molecule is [O-][n+]1cccc2c3ccc(o3)c21. The second-order valence-electron chi connectivity index (χ2n) is 2.76. The molecule has 2 bridgehead atoms. The Kier molecular flexibility index (Phi) is 0.821. The zero-order chi connectivity index (χ0) is 8.13. The molecule has 12 heavy (non-hydrogen) atoms. The van der Waals surface area contributed by atoms with E-state index in [1.165, 1.54) is 6.20 Å². The molecule has 3 nitrogen and oxygen atoms in total. The average Bonchev–Trinajstić information content (AvgIpc) is 2.64. The lowest BCUT2D eigenvalue weighted by Crippen LogP contribution is -2.25. The van der Waals surface area contributed by atoms with E-state index in [0.717, 1.165) is 15.7 Å². The van der Waals surface area contributed by atoms with Crippen molar-refractivity contribution in [2.24, 2.45) is 0 Å². The summed E-state index contributed by atoms with van der Waals surface area (Å²) in [5, 5.41) is 12.2. The Labute approximate surface area is 67.7 Å². The van der Waals surface area contributed by atoms with Crippen LogP contribution in [0.15, 0.2) is 34.9 Å². The molecule has 0 saturated heterocycles. The standard InChI is InChI=1S/C9H5NO2/c11-10-5-1-2-6-7-3-4-8(12-7)9(6)10/h1-5H. The second-order valence-corrected chi connectivity index (χ2v) is 2.76. The van der Waals surface area contributed by atoms with Crippen LogP contribution in [0.4, 0.5) is 0 Å². The van der Waals surface area contributed by atoms with Gasteiger partial charge in [0.05, 0.1) is 5.39 Å². The smallest absolute Gasteiger partial charge is 0.270 e. The second kappa shape index (κ2) is 1.69. The Morgan fingerprint density at radius 2 is 2.00 bits per heavy atom. The molecule has 3 rings (SSSR count). The molecule has 0 aliphatic heterocycles. The van der Waals surface area contributed by atoms with Crippen LogP contribution >= 0.6 is 0 Å². The first-order valence-electron chi connectivity index (χ1n) is 3.69. The summed E-state index contributed by atoms with van der Waals surface area (Å²) in [4.78, 5) is 0. The van der Waals surface area contributed by atoms with Gasteiger partial charge in [0.15, 0.2) is 6.20 Å². The molecule has 3 heteroatoms. The minimum atomic E-state index is 0.634. The van der Waals surface area contributed by atoms with Gasteiger partial charge in [-0.05, 0) is 18.2 Å². The van der Waals surface area contributed by atoms with Crippen molar-refractivity contribution in [3.63, 3.8) is 0 Å². The number of nitrogens with zero attached hydrogens (tertiary/aromatic N) is 1. The Morgan fingerprint density at radius 3 is 2.83 bits per heavy atom. The summed E-state index contributed by atoms with van der Waals surface area (Å²) in [6, 6.07) is 7.29. The van der Waals surface area contributed by atoms with Gasteiger partial charge < -0.3 is 9.62 Å². The van der Waals surface area contributed by atoms with Gasteiger partial charge in [-0.3, -0.25) is 0 Å². The first kappa shape index (κ1) is 5.83. The zero-order valence-corrected chi connectivity index (χ0v) is 6.15. The molecule has 0 fully saturated rings. The van der Waals surface area contributed by atoms with Crippen LogP contribution in [0.2, 0.25) is 0 Å². The molecule has 0 atom stereocenters. The first-order valence-corrected chi connectivity index (χ1v) is 3.69. The number of fused-ring (bicyclic) bond motifs is 5. The van der Waals surface area contributed by atoms with Gasteiger partial charge in [0.1, 0.15) is 5.58 Å². The molecule has 0 saturated carbocycles. The van der Waals surface area contributed by atoms with Crippen molar-refractivity contribution < 1.29 is 9.15 Å². The van der Waals surface area contributed by atoms with Gasteiger partial charge in [0.2, 0.25) is 5.58 Å². The van der Waals surface area contributed by atoms with Gasteiger partial charge in [-0.2, -0.15) is 4.73 Å². The fourth-order valence-corrected chi connectivity index (χ4v) is 1.54. The van der Waals surface area contributed by atoms with Crippen LogP contribution in [0, 0.1) is 5.21 Å². The largest absolute Gasteiger partial charge is 0.618 e. The van der Waals surface area contributed by atoms with E-state index in [-0.39, 0.29) is 0 Å². The maximum atomic E-state index is 11.3. The Hall–Kier alpha value is -1.77.